The Balaban J connectivity index is 1.25. The molecule has 35 heavy (non-hydrogen) atoms. The molecule has 3 aromatic heterocycles. The van der Waals surface area contributed by atoms with E-state index >= 15 is 0 Å². The third-order valence-corrected chi connectivity index (χ3v) is 6.44. The number of ketones is 1. The van der Waals surface area contributed by atoms with Crippen molar-refractivity contribution in [1.82, 2.24) is 29.5 Å². The number of hydrogen-bond donors (Lipinski definition) is 1. The molecule has 8 nitrogen and oxygen atoms in total. The Morgan fingerprint density at radius 1 is 1.11 bits per heavy atom. The van der Waals surface area contributed by atoms with Gasteiger partial charge in [0, 0.05) is 42.6 Å². The molecule has 4 heterocycles. The van der Waals surface area contributed by atoms with Crippen LogP contribution in [0, 0.1) is 6.92 Å². The average Bonchev–Trinajstić information content (AvgIpc) is 3.55. The first kappa shape index (κ1) is 23.0. The second kappa shape index (κ2) is 9.09. The molecule has 0 spiro atoms. The van der Waals surface area contributed by atoms with Gasteiger partial charge in [-0.3, -0.25) is 14.2 Å². The molecule has 1 aromatic carbocycles. The minimum atomic E-state index is -0.139. The first-order valence-electron chi connectivity index (χ1n) is 12.1. The number of nitrogens with zero attached hydrogens (tertiary/aromatic N) is 6. The molecule has 0 saturated heterocycles. The summed E-state index contributed by atoms with van der Waals surface area (Å²) in [5, 5.41) is 12.2. The van der Waals surface area contributed by atoms with Gasteiger partial charge in [-0.25, -0.2) is 9.97 Å². The Kier molecular flexibility index (Phi) is 5.96. The van der Waals surface area contributed by atoms with Crippen LogP contribution in [-0.2, 0) is 24.9 Å². The molecule has 0 aliphatic carbocycles. The van der Waals surface area contributed by atoms with Gasteiger partial charge in [-0.2, -0.15) is 10.2 Å². The minimum absolute atomic E-state index is 0.112. The quantitative estimate of drug-likeness (QED) is 0.379. The van der Waals surface area contributed by atoms with Crippen molar-refractivity contribution in [3.05, 3.63) is 71.4 Å². The van der Waals surface area contributed by atoms with E-state index in [0.717, 1.165) is 53.4 Å². The van der Waals surface area contributed by atoms with Crippen molar-refractivity contribution in [3.8, 4) is 11.3 Å². The fourth-order valence-electron chi connectivity index (χ4n) is 4.40. The number of anilines is 2. The Hall–Kier alpha value is -3.81. The van der Waals surface area contributed by atoms with E-state index in [2.05, 4.69) is 77.4 Å². The zero-order valence-electron chi connectivity index (χ0n) is 20.7. The molecule has 180 valence electrons. The van der Waals surface area contributed by atoms with Gasteiger partial charge in [-0.1, -0.05) is 12.1 Å². The molecule has 0 bridgehead atoms. The van der Waals surface area contributed by atoms with Gasteiger partial charge >= 0.3 is 0 Å². The van der Waals surface area contributed by atoms with Crippen molar-refractivity contribution < 1.29 is 4.79 Å². The van der Waals surface area contributed by atoms with Gasteiger partial charge in [0.05, 0.1) is 23.0 Å². The Morgan fingerprint density at radius 3 is 2.71 bits per heavy atom. The highest BCUT2D eigenvalue weighted by atomic mass is 16.1. The molecule has 0 fully saturated rings. The summed E-state index contributed by atoms with van der Waals surface area (Å²) in [7, 11) is 0. The maximum absolute atomic E-state index is 12.7. The molecule has 8 heteroatoms. The molecule has 1 aliphatic rings. The summed E-state index contributed by atoms with van der Waals surface area (Å²) in [6, 6.07) is 10.3. The predicted molar refractivity (Wildman–Crippen MR) is 136 cm³/mol. The van der Waals surface area contributed by atoms with Crippen LogP contribution in [0.2, 0.25) is 0 Å². The van der Waals surface area contributed by atoms with E-state index in [9.17, 15) is 4.79 Å². The molecular weight excluding hydrogens is 438 g/mol. The van der Waals surface area contributed by atoms with Gasteiger partial charge in [-0.05, 0) is 64.2 Å². The minimum Gasteiger partial charge on any atom is -0.323 e. The fraction of sp³-hybridized carbons (Fsp3) is 0.370. The summed E-state index contributed by atoms with van der Waals surface area (Å²) in [6.45, 7) is 9.26. The van der Waals surface area contributed by atoms with Crippen molar-refractivity contribution in [2.24, 2.45) is 0 Å². The normalized spacial score (nSPS) is 13.1. The van der Waals surface area contributed by atoms with Crippen molar-refractivity contribution in [2.45, 2.75) is 65.5 Å². The smallest absolute Gasteiger partial charge is 0.166 e. The topological polar surface area (TPSA) is 90.5 Å². The number of carbonyl (C=O) groups excluding carboxylic acids is 1. The maximum atomic E-state index is 12.7. The van der Waals surface area contributed by atoms with E-state index < -0.39 is 0 Å². The molecular formula is C27H31N7O. The van der Waals surface area contributed by atoms with Crippen LogP contribution < -0.4 is 5.32 Å². The van der Waals surface area contributed by atoms with Crippen LogP contribution in [0.15, 0.2) is 49.1 Å². The lowest BCUT2D eigenvalue weighted by molar-refractivity contribution is 0.0982. The molecule has 0 radical (unpaired) electrons. The second-order valence-electron chi connectivity index (χ2n) is 10.2. The highest BCUT2D eigenvalue weighted by Gasteiger charge is 2.17. The SMILES string of the molecule is Cc1cc(-c2cc(Nc3cc4n(n3)CCC4)ncn2)ccc1CCC(=O)c1cnn(C(C)(C)C)c1. The maximum Gasteiger partial charge on any atom is 0.166 e. The lowest BCUT2D eigenvalue weighted by Gasteiger charge is -2.18. The molecule has 1 N–H and O–H groups in total. The number of benzene rings is 1. The van der Waals surface area contributed by atoms with Crippen LogP contribution in [0.3, 0.4) is 0 Å². The summed E-state index contributed by atoms with van der Waals surface area (Å²) >= 11 is 0. The lowest BCUT2D eigenvalue weighted by Crippen LogP contribution is -2.22. The van der Waals surface area contributed by atoms with Gasteiger partial charge in [0.2, 0.25) is 0 Å². The molecule has 5 rings (SSSR count). The third-order valence-electron chi connectivity index (χ3n) is 6.44. The van der Waals surface area contributed by atoms with Gasteiger partial charge in [-0.15, -0.1) is 0 Å². The van der Waals surface area contributed by atoms with E-state index in [1.165, 1.54) is 5.69 Å². The van der Waals surface area contributed by atoms with Crippen molar-refractivity contribution in [1.29, 1.82) is 0 Å². The number of Topliss-reactive ketones (excluding diaryl/α,β-unsaturated/α-hetero) is 1. The van der Waals surface area contributed by atoms with Crippen LogP contribution in [0.5, 0.6) is 0 Å². The zero-order chi connectivity index (χ0) is 24.6. The first-order chi connectivity index (χ1) is 16.8. The Labute approximate surface area is 205 Å². The average molecular weight is 470 g/mol. The number of nitrogens with one attached hydrogen (secondary N) is 1. The van der Waals surface area contributed by atoms with Gasteiger partial charge < -0.3 is 5.32 Å². The summed E-state index contributed by atoms with van der Waals surface area (Å²) in [4.78, 5) is 21.5. The second-order valence-corrected chi connectivity index (χ2v) is 10.2. The van der Waals surface area contributed by atoms with Gasteiger partial charge in [0.15, 0.2) is 11.6 Å². The van der Waals surface area contributed by atoms with Crippen molar-refractivity contribution >= 4 is 17.4 Å². The Bertz CT molecular complexity index is 1350. The van der Waals surface area contributed by atoms with E-state index in [-0.39, 0.29) is 11.3 Å². The molecule has 0 unspecified atom stereocenters. The number of rotatable bonds is 7. The number of carbonyl (C=O) groups is 1. The Morgan fingerprint density at radius 2 is 1.97 bits per heavy atom. The molecule has 1 aliphatic heterocycles. The van der Waals surface area contributed by atoms with Gasteiger partial charge in [0.1, 0.15) is 12.1 Å². The highest BCUT2D eigenvalue weighted by molar-refractivity contribution is 5.95. The first-order valence-corrected chi connectivity index (χ1v) is 12.1. The van der Waals surface area contributed by atoms with Crippen LogP contribution in [0.25, 0.3) is 11.3 Å². The highest BCUT2D eigenvalue weighted by Crippen LogP contribution is 2.25. The predicted octanol–water partition coefficient (Wildman–Crippen LogP) is 5.11. The molecule has 0 saturated carbocycles. The summed E-state index contributed by atoms with van der Waals surface area (Å²) in [5.74, 6) is 1.64. The number of aromatic nitrogens is 6. The standard InChI is InChI=1S/C27H31N7O/c1-18-12-20(8-7-19(18)9-10-24(35)21-15-30-34(16-21)27(2,3)4)23-14-25(29-17-28-23)31-26-13-22-6-5-11-33(22)32-26/h7-8,12-17H,5-6,9-11H2,1-4H3,(H,28,29,31,32). The third kappa shape index (κ3) is 5.01. The van der Waals surface area contributed by atoms with E-state index in [1.807, 2.05) is 21.6 Å². The van der Waals surface area contributed by atoms with E-state index in [0.29, 0.717) is 18.4 Å². The van der Waals surface area contributed by atoms with E-state index in [4.69, 9.17) is 0 Å². The van der Waals surface area contributed by atoms with Crippen molar-refractivity contribution in [2.75, 3.05) is 5.32 Å². The summed E-state index contributed by atoms with van der Waals surface area (Å²) in [6.07, 6.45) is 8.45. The molecule has 0 amide bonds. The monoisotopic (exact) mass is 469 g/mol. The fourth-order valence-corrected chi connectivity index (χ4v) is 4.40. The summed E-state index contributed by atoms with van der Waals surface area (Å²) < 4.78 is 3.89. The number of fused-ring (bicyclic) bond motifs is 1. The number of aryl methyl sites for hydroxylation is 4. The molecule has 0 atom stereocenters. The lowest BCUT2D eigenvalue weighted by atomic mass is 9.98. The van der Waals surface area contributed by atoms with Crippen LogP contribution in [0.1, 0.15) is 60.8 Å². The largest absolute Gasteiger partial charge is 0.323 e. The number of hydrogen-bond acceptors (Lipinski definition) is 6. The van der Waals surface area contributed by atoms with E-state index in [1.54, 1.807) is 12.5 Å². The molecule has 4 aromatic rings. The van der Waals surface area contributed by atoms with Gasteiger partial charge in [0.25, 0.3) is 0 Å². The van der Waals surface area contributed by atoms with Crippen LogP contribution in [-0.4, -0.2) is 35.3 Å². The summed E-state index contributed by atoms with van der Waals surface area (Å²) in [5.41, 5.74) is 5.94. The van der Waals surface area contributed by atoms with Crippen LogP contribution >= 0.6 is 0 Å². The zero-order valence-corrected chi connectivity index (χ0v) is 20.7. The van der Waals surface area contributed by atoms with Crippen LogP contribution in [0.4, 0.5) is 11.6 Å². The van der Waals surface area contributed by atoms with Crippen molar-refractivity contribution in [3.63, 3.8) is 0 Å².